The molecule has 0 unspecified atom stereocenters. The number of hydrogen-bond acceptors (Lipinski definition) is 4. The lowest BCUT2D eigenvalue weighted by Crippen LogP contribution is -2.54. The molecule has 1 heterocycles. The molecule has 4 rings (SSSR count). The summed E-state index contributed by atoms with van der Waals surface area (Å²) in [5, 5.41) is 2.90. The number of rotatable bonds is 5. The van der Waals surface area contributed by atoms with Gasteiger partial charge in [-0.25, -0.2) is 9.69 Å². The van der Waals surface area contributed by atoms with E-state index >= 15 is 0 Å². The van der Waals surface area contributed by atoms with Crippen molar-refractivity contribution in [2.45, 2.75) is 6.61 Å². The maximum Gasteiger partial charge on any atom is 0.335 e. The summed E-state index contributed by atoms with van der Waals surface area (Å²) in [4.78, 5) is 38.5. The van der Waals surface area contributed by atoms with E-state index in [1.165, 1.54) is 30.3 Å². The summed E-state index contributed by atoms with van der Waals surface area (Å²) in [7, 11) is 0. The number of barbiturate groups is 1. The number of nitrogens with one attached hydrogen (secondary N) is 1. The molecule has 0 aromatic heterocycles. The molecule has 1 aliphatic rings. The van der Waals surface area contributed by atoms with Gasteiger partial charge in [-0.2, -0.15) is 0 Å². The van der Waals surface area contributed by atoms with Crippen molar-refractivity contribution >= 4 is 64.4 Å². The van der Waals surface area contributed by atoms with Gasteiger partial charge in [0.15, 0.2) is 5.75 Å². The lowest BCUT2D eigenvalue weighted by atomic mass is 10.1. The molecule has 0 atom stereocenters. The number of anilines is 1. The minimum atomic E-state index is -0.870. The minimum absolute atomic E-state index is 0.205. The van der Waals surface area contributed by atoms with Gasteiger partial charge in [-0.1, -0.05) is 71.2 Å². The van der Waals surface area contributed by atoms with Crippen molar-refractivity contribution in [3.8, 4) is 5.75 Å². The van der Waals surface area contributed by atoms with Gasteiger partial charge >= 0.3 is 6.03 Å². The predicted octanol–water partition coefficient (Wildman–Crippen LogP) is 5.89. The molecule has 0 saturated carbocycles. The highest BCUT2D eigenvalue weighted by Gasteiger charge is 2.37. The van der Waals surface area contributed by atoms with Crippen molar-refractivity contribution in [1.29, 1.82) is 0 Å². The van der Waals surface area contributed by atoms with Crippen LogP contribution in [-0.2, 0) is 16.2 Å². The van der Waals surface area contributed by atoms with E-state index in [2.05, 4.69) is 5.32 Å². The summed E-state index contributed by atoms with van der Waals surface area (Å²) >= 11 is 18.7. The summed E-state index contributed by atoms with van der Waals surface area (Å²) in [5.41, 5.74) is 1.28. The SMILES string of the molecule is O=C1NC(=O)N(c2cccc(Cl)c2)C(=O)/C1=C/c1cc(Cl)c(OCc2ccccc2)c(Cl)c1. The molecule has 1 saturated heterocycles. The maximum atomic E-state index is 13.0. The van der Waals surface area contributed by atoms with Crippen molar-refractivity contribution in [3.05, 3.63) is 98.5 Å². The fourth-order valence-corrected chi connectivity index (χ4v) is 4.00. The molecule has 1 N–H and O–H groups in total. The van der Waals surface area contributed by atoms with Gasteiger partial charge < -0.3 is 4.74 Å². The number of urea groups is 1. The number of ether oxygens (including phenoxy) is 1. The van der Waals surface area contributed by atoms with Gasteiger partial charge in [0.2, 0.25) is 0 Å². The van der Waals surface area contributed by atoms with E-state index in [0.29, 0.717) is 10.6 Å². The Labute approximate surface area is 204 Å². The van der Waals surface area contributed by atoms with Crippen LogP contribution in [0.15, 0.2) is 72.3 Å². The summed E-state index contributed by atoms with van der Waals surface area (Å²) < 4.78 is 5.74. The Kier molecular flexibility index (Phi) is 6.70. The second-order valence-corrected chi connectivity index (χ2v) is 8.28. The molecule has 3 aromatic carbocycles. The fraction of sp³-hybridized carbons (Fsp3) is 0.0417. The molecular weight excluding hydrogens is 487 g/mol. The molecular formula is C24H15Cl3N2O4. The first-order valence-corrected chi connectivity index (χ1v) is 10.8. The number of halogens is 3. The van der Waals surface area contributed by atoms with E-state index in [0.717, 1.165) is 10.5 Å². The van der Waals surface area contributed by atoms with Gasteiger partial charge in [0, 0.05) is 5.02 Å². The standard InChI is InChI=1S/C24H15Cl3N2O4/c25-16-7-4-8-17(12-16)29-23(31)18(22(30)28-24(29)32)9-15-10-19(26)21(20(27)11-15)33-13-14-5-2-1-3-6-14/h1-12H,13H2,(H,28,30,32)/b18-9+. The van der Waals surface area contributed by atoms with Crippen molar-refractivity contribution < 1.29 is 19.1 Å². The summed E-state index contributed by atoms with van der Waals surface area (Å²) in [6.07, 6.45) is 1.31. The maximum absolute atomic E-state index is 13.0. The third-order valence-electron chi connectivity index (χ3n) is 4.73. The number of amides is 4. The smallest absolute Gasteiger partial charge is 0.335 e. The van der Waals surface area contributed by atoms with Gasteiger partial charge in [0.25, 0.3) is 11.8 Å². The average Bonchev–Trinajstić information content (AvgIpc) is 2.77. The van der Waals surface area contributed by atoms with E-state index in [1.807, 2.05) is 30.3 Å². The van der Waals surface area contributed by atoms with Crippen LogP contribution in [0.3, 0.4) is 0 Å². The Balaban J connectivity index is 1.62. The van der Waals surface area contributed by atoms with Crippen LogP contribution in [0.5, 0.6) is 5.75 Å². The summed E-state index contributed by atoms with van der Waals surface area (Å²) in [6.45, 7) is 0.262. The quantitative estimate of drug-likeness (QED) is 0.349. The topological polar surface area (TPSA) is 75.7 Å². The number of hydrogen-bond donors (Lipinski definition) is 1. The zero-order valence-corrected chi connectivity index (χ0v) is 19.1. The third kappa shape index (κ3) is 5.03. The molecule has 1 fully saturated rings. The van der Waals surface area contributed by atoms with Crippen LogP contribution in [0, 0.1) is 0 Å². The third-order valence-corrected chi connectivity index (χ3v) is 5.52. The van der Waals surface area contributed by atoms with Gasteiger partial charge in [-0.05, 0) is 47.5 Å². The lowest BCUT2D eigenvalue weighted by Gasteiger charge is -2.26. The first-order chi connectivity index (χ1) is 15.8. The fourth-order valence-electron chi connectivity index (χ4n) is 3.20. The molecule has 6 nitrogen and oxygen atoms in total. The highest BCUT2D eigenvalue weighted by Crippen LogP contribution is 2.36. The molecule has 4 amide bonds. The molecule has 0 spiro atoms. The van der Waals surface area contributed by atoms with Gasteiger partial charge in [-0.15, -0.1) is 0 Å². The van der Waals surface area contributed by atoms with Crippen LogP contribution >= 0.6 is 34.8 Å². The predicted molar refractivity (Wildman–Crippen MR) is 128 cm³/mol. The van der Waals surface area contributed by atoms with E-state index in [9.17, 15) is 14.4 Å². The van der Waals surface area contributed by atoms with Gasteiger partial charge in [0.1, 0.15) is 12.2 Å². The van der Waals surface area contributed by atoms with E-state index in [4.69, 9.17) is 39.5 Å². The first-order valence-electron chi connectivity index (χ1n) is 9.66. The van der Waals surface area contributed by atoms with Gasteiger partial charge in [-0.3, -0.25) is 14.9 Å². The second-order valence-electron chi connectivity index (χ2n) is 7.03. The minimum Gasteiger partial charge on any atom is -0.486 e. The van der Waals surface area contributed by atoms with Crippen LogP contribution in [0.4, 0.5) is 10.5 Å². The molecule has 0 aliphatic carbocycles. The molecule has 166 valence electrons. The Morgan fingerprint density at radius 2 is 1.58 bits per heavy atom. The monoisotopic (exact) mass is 500 g/mol. The average molecular weight is 502 g/mol. The zero-order valence-electron chi connectivity index (χ0n) is 16.8. The number of imide groups is 2. The molecule has 0 bridgehead atoms. The Hall–Kier alpha value is -3.32. The zero-order chi connectivity index (χ0) is 23.5. The van der Waals surface area contributed by atoms with Crippen LogP contribution in [-0.4, -0.2) is 17.8 Å². The Bertz CT molecular complexity index is 1270. The van der Waals surface area contributed by atoms with Crippen LogP contribution in [0.1, 0.15) is 11.1 Å². The van der Waals surface area contributed by atoms with Crippen molar-refractivity contribution in [1.82, 2.24) is 5.32 Å². The number of carbonyl (C=O) groups is 3. The van der Waals surface area contributed by atoms with Crippen molar-refractivity contribution in [3.63, 3.8) is 0 Å². The lowest BCUT2D eigenvalue weighted by molar-refractivity contribution is -0.122. The normalized spacial score (nSPS) is 15.1. The molecule has 3 aromatic rings. The number of nitrogens with zero attached hydrogens (tertiary/aromatic N) is 1. The van der Waals surface area contributed by atoms with Crippen LogP contribution in [0.2, 0.25) is 15.1 Å². The van der Waals surface area contributed by atoms with Gasteiger partial charge in [0.05, 0.1) is 15.7 Å². The Morgan fingerprint density at radius 1 is 0.879 bits per heavy atom. The van der Waals surface area contributed by atoms with Crippen LogP contribution < -0.4 is 15.0 Å². The summed E-state index contributed by atoms with van der Waals surface area (Å²) in [6, 6.07) is 17.8. The molecule has 9 heteroatoms. The molecule has 0 radical (unpaired) electrons. The van der Waals surface area contributed by atoms with Crippen molar-refractivity contribution in [2.75, 3.05) is 4.90 Å². The van der Waals surface area contributed by atoms with Crippen molar-refractivity contribution in [2.24, 2.45) is 0 Å². The highest BCUT2D eigenvalue weighted by atomic mass is 35.5. The number of benzene rings is 3. The summed E-state index contributed by atoms with van der Waals surface area (Å²) in [5.74, 6) is -1.36. The number of carbonyl (C=O) groups excluding carboxylic acids is 3. The molecule has 1 aliphatic heterocycles. The van der Waals surface area contributed by atoms with E-state index in [1.54, 1.807) is 12.1 Å². The Morgan fingerprint density at radius 3 is 2.24 bits per heavy atom. The largest absolute Gasteiger partial charge is 0.486 e. The first kappa shape index (κ1) is 22.9. The van der Waals surface area contributed by atoms with E-state index < -0.39 is 17.8 Å². The van der Waals surface area contributed by atoms with E-state index in [-0.39, 0.29) is 33.7 Å². The van der Waals surface area contributed by atoms with Crippen LogP contribution in [0.25, 0.3) is 6.08 Å². The highest BCUT2D eigenvalue weighted by molar-refractivity contribution is 6.40. The second kappa shape index (κ2) is 9.67. The molecule has 33 heavy (non-hydrogen) atoms.